The number of carbonyl (C=O) groups excluding carboxylic acids is 1. The van der Waals surface area contributed by atoms with Gasteiger partial charge in [0.1, 0.15) is 5.82 Å². The van der Waals surface area contributed by atoms with E-state index in [0.29, 0.717) is 37.8 Å². The van der Waals surface area contributed by atoms with Crippen LogP contribution in [0.2, 0.25) is 0 Å². The van der Waals surface area contributed by atoms with Gasteiger partial charge in [0.2, 0.25) is 0 Å². The highest BCUT2D eigenvalue weighted by Gasteiger charge is 2.35. The number of fused-ring (bicyclic) bond motifs is 3. The van der Waals surface area contributed by atoms with Gasteiger partial charge in [-0.15, -0.1) is 11.8 Å². The third kappa shape index (κ3) is 7.73. The van der Waals surface area contributed by atoms with Crippen LogP contribution < -0.4 is 11.1 Å². The zero-order valence-electron chi connectivity index (χ0n) is 25.1. The lowest BCUT2D eigenvalue weighted by atomic mass is 9.89. The molecule has 4 aliphatic rings. The standard InChI is InChI=1S/C24H29FN2O2S.C7H15NO.CH5N/c1-24(2)10-21-23(30-14-24)18-12-29-13-22(18)27(21)16-8-19(25)17(11-28)20(9-16)26-15-6-4-3-5-7-15;9-7-6-8-4-2-1-3-5-8;1-2/h8-9,11,15,26H,3-7,10,12-14H2,1-2H3;9H,1-7H2;2H2,1H3. The lowest BCUT2D eigenvalue weighted by Crippen LogP contribution is -2.31. The molecule has 1 aromatic carbocycles. The number of benzene rings is 1. The normalized spacial score (nSPS) is 20.1. The first-order valence-corrected chi connectivity index (χ1v) is 16.3. The summed E-state index contributed by atoms with van der Waals surface area (Å²) in [7, 11) is 1.50. The van der Waals surface area contributed by atoms with Gasteiger partial charge in [-0.3, -0.25) is 4.79 Å². The summed E-state index contributed by atoms with van der Waals surface area (Å²) >= 11 is 1.89. The number of aliphatic hydroxyl groups is 1. The number of thioether (sulfide) groups is 1. The molecule has 4 N–H and O–H groups in total. The second-order valence-corrected chi connectivity index (χ2v) is 13.3. The van der Waals surface area contributed by atoms with Gasteiger partial charge in [0.25, 0.3) is 0 Å². The Hall–Kier alpha value is -1.91. The maximum Gasteiger partial charge on any atom is 0.155 e. The van der Waals surface area contributed by atoms with E-state index in [1.54, 1.807) is 0 Å². The van der Waals surface area contributed by atoms with Crippen LogP contribution in [0.3, 0.4) is 0 Å². The molecule has 3 aliphatic heterocycles. The number of hydrogen-bond acceptors (Lipinski definition) is 7. The maximum atomic E-state index is 15.1. The van der Waals surface area contributed by atoms with E-state index in [1.165, 1.54) is 80.9 Å². The first-order chi connectivity index (χ1) is 19.9. The van der Waals surface area contributed by atoms with Crippen molar-refractivity contribution < 1.29 is 19.0 Å². The van der Waals surface area contributed by atoms with Crippen molar-refractivity contribution in [1.29, 1.82) is 0 Å². The largest absolute Gasteiger partial charge is 0.395 e. The van der Waals surface area contributed by atoms with Gasteiger partial charge in [-0.25, -0.2) is 4.39 Å². The number of likely N-dealkylation sites (tertiary alicyclic amines) is 1. The number of halogens is 1. The molecule has 2 fully saturated rings. The van der Waals surface area contributed by atoms with Crippen molar-refractivity contribution in [3.63, 3.8) is 0 Å². The van der Waals surface area contributed by atoms with Gasteiger partial charge in [0, 0.05) is 40.2 Å². The molecule has 0 spiro atoms. The topological polar surface area (TPSA) is 92.8 Å². The first-order valence-electron chi connectivity index (χ1n) is 15.3. The summed E-state index contributed by atoms with van der Waals surface area (Å²) in [5.41, 5.74) is 9.87. The minimum atomic E-state index is -0.460. The second kappa shape index (κ2) is 15.0. The van der Waals surface area contributed by atoms with Crippen LogP contribution in [0.4, 0.5) is 10.1 Å². The summed E-state index contributed by atoms with van der Waals surface area (Å²) < 4.78 is 23.0. The van der Waals surface area contributed by atoms with E-state index < -0.39 is 5.82 Å². The number of carbonyl (C=O) groups is 1. The van der Waals surface area contributed by atoms with Crippen LogP contribution >= 0.6 is 11.8 Å². The Balaban J connectivity index is 0.000000299. The quantitative estimate of drug-likeness (QED) is 0.361. The molecule has 4 heterocycles. The van der Waals surface area contributed by atoms with Crippen LogP contribution in [0, 0.1) is 11.2 Å². The molecular formula is C32H49FN4O3S. The van der Waals surface area contributed by atoms with E-state index >= 15 is 4.39 Å². The van der Waals surface area contributed by atoms with Crippen LogP contribution in [0.25, 0.3) is 5.69 Å². The predicted octanol–water partition coefficient (Wildman–Crippen LogP) is 5.92. The van der Waals surface area contributed by atoms with Crippen molar-refractivity contribution in [3.05, 3.63) is 40.5 Å². The van der Waals surface area contributed by atoms with E-state index in [9.17, 15) is 4.79 Å². The third-order valence-corrected chi connectivity index (χ3v) is 10.2. The number of aldehydes is 1. The van der Waals surface area contributed by atoms with Crippen molar-refractivity contribution in [2.75, 3.05) is 44.4 Å². The van der Waals surface area contributed by atoms with Crippen LogP contribution in [0.1, 0.15) is 92.5 Å². The third-order valence-electron chi connectivity index (χ3n) is 8.48. The molecule has 6 rings (SSSR count). The van der Waals surface area contributed by atoms with Crippen LogP contribution in [0.15, 0.2) is 17.0 Å². The molecule has 1 aliphatic carbocycles. The van der Waals surface area contributed by atoms with Gasteiger partial charge in [-0.2, -0.15) is 0 Å². The Morgan fingerprint density at radius 2 is 1.80 bits per heavy atom. The Morgan fingerprint density at radius 1 is 1.10 bits per heavy atom. The number of hydrogen-bond donors (Lipinski definition) is 3. The number of nitrogens with two attached hydrogens (primary N) is 1. The Labute approximate surface area is 249 Å². The number of aromatic nitrogens is 1. The van der Waals surface area contributed by atoms with E-state index in [1.807, 2.05) is 17.8 Å². The number of ether oxygens (including phenoxy) is 1. The molecule has 2 aromatic rings. The summed E-state index contributed by atoms with van der Waals surface area (Å²) in [5, 5.41) is 12.1. The molecule has 7 nitrogen and oxygen atoms in total. The number of aliphatic hydroxyl groups excluding tert-OH is 1. The minimum absolute atomic E-state index is 0.132. The van der Waals surface area contributed by atoms with Gasteiger partial charge in [-0.1, -0.05) is 39.5 Å². The number of anilines is 1. The molecule has 228 valence electrons. The molecule has 0 atom stereocenters. The van der Waals surface area contributed by atoms with Gasteiger partial charge in [0.15, 0.2) is 6.29 Å². The Morgan fingerprint density at radius 3 is 2.49 bits per heavy atom. The van der Waals surface area contributed by atoms with Crippen LogP contribution in [-0.2, 0) is 24.4 Å². The fourth-order valence-corrected chi connectivity index (χ4v) is 7.75. The van der Waals surface area contributed by atoms with Crippen molar-refractivity contribution in [3.8, 4) is 5.69 Å². The smallest absolute Gasteiger partial charge is 0.155 e. The number of nitrogens with one attached hydrogen (secondary N) is 1. The van der Waals surface area contributed by atoms with E-state index in [4.69, 9.17) is 9.84 Å². The summed E-state index contributed by atoms with van der Waals surface area (Å²) in [6.45, 7) is 9.33. The molecule has 9 heteroatoms. The summed E-state index contributed by atoms with van der Waals surface area (Å²) in [5.74, 6) is 0.613. The Kier molecular flexibility index (Phi) is 11.7. The lowest BCUT2D eigenvalue weighted by molar-refractivity contribution is 0.112. The van der Waals surface area contributed by atoms with Gasteiger partial charge >= 0.3 is 0 Å². The molecule has 41 heavy (non-hydrogen) atoms. The molecule has 0 amide bonds. The zero-order chi connectivity index (χ0) is 29.4. The highest BCUT2D eigenvalue weighted by molar-refractivity contribution is 7.99. The average Bonchev–Trinajstić information content (AvgIpc) is 3.55. The monoisotopic (exact) mass is 588 g/mol. The van der Waals surface area contributed by atoms with Gasteiger partial charge in [0.05, 0.1) is 36.8 Å². The molecule has 0 bridgehead atoms. The molecule has 0 unspecified atom stereocenters. The zero-order valence-corrected chi connectivity index (χ0v) is 26.0. The van der Waals surface area contributed by atoms with Crippen LogP contribution in [0.5, 0.6) is 0 Å². The fraction of sp³-hybridized carbons (Fsp3) is 0.656. The molecule has 1 aromatic heterocycles. The van der Waals surface area contributed by atoms with Gasteiger partial charge in [-0.05, 0) is 69.8 Å². The van der Waals surface area contributed by atoms with E-state index in [-0.39, 0.29) is 11.0 Å². The average molecular weight is 589 g/mol. The minimum Gasteiger partial charge on any atom is -0.395 e. The summed E-state index contributed by atoms with van der Waals surface area (Å²) in [4.78, 5) is 15.3. The predicted molar refractivity (Wildman–Crippen MR) is 166 cm³/mol. The number of nitrogens with zero attached hydrogens (tertiary/aromatic N) is 2. The Bertz CT molecular complexity index is 1150. The fourth-order valence-electron chi connectivity index (χ4n) is 6.43. The van der Waals surface area contributed by atoms with Gasteiger partial charge < -0.3 is 30.4 Å². The number of rotatable bonds is 6. The molecule has 0 radical (unpaired) electrons. The van der Waals surface area contributed by atoms with Crippen molar-refractivity contribution in [1.82, 2.24) is 9.47 Å². The van der Waals surface area contributed by atoms with Crippen molar-refractivity contribution >= 4 is 23.7 Å². The SMILES string of the molecule is CC1(C)CSc2c3c(n(-c4cc(F)c(C=O)c(NC5CCCCC5)c4)c2C1)COC3.CN.OCCN1CCCCC1. The van der Waals surface area contributed by atoms with Crippen molar-refractivity contribution in [2.24, 2.45) is 11.1 Å². The lowest BCUT2D eigenvalue weighted by Gasteiger charge is -2.31. The maximum absolute atomic E-state index is 15.1. The van der Waals surface area contributed by atoms with E-state index in [0.717, 1.165) is 42.9 Å². The molecular weight excluding hydrogens is 539 g/mol. The first kappa shape index (κ1) is 32.0. The van der Waals surface area contributed by atoms with Crippen molar-refractivity contribution in [2.45, 2.75) is 95.8 Å². The highest BCUT2D eigenvalue weighted by atomic mass is 32.2. The molecule has 1 saturated carbocycles. The molecule has 1 saturated heterocycles. The second-order valence-electron chi connectivity index (χ2n) is 12.3. The summed E-state index contributed by atoms with van der Waals surface area (Å²) in [6, 6.07) is 3.78. The summed E-state index contributed by atoms with van der Waals surface area (Å²) in [6.07, 6.45) is 11.3. The highest BCUT2D eigenvalue weighted by Crippen LogP contribution is 2.47. The number of β-amino-alcohol motifs (C(OH)–C–C–N with tert-alkyl or cyclic N) is 1. The van der Waals surface area contributed by atoms with E-state index in [2.05, 4.69) is 34.4 Å². The number of piperidine rings is 1. The van der Waals surface area contributed by atoms with Crippen LogP contribution in [-0.4, -0.2) is 65.9 Å².